The number of carbonyl (C=O) groups excluding carboxylic acids is 1. The highest BCUT2D eigenvalue weighted by Crippen LogP contribution is 2.12. The number of benzene rings is 1. The molecule has 0 saturated carbocycles. The van der Waals surface area contributed by atoms with Gasteiger partial charge in [-0.2, -0.15) is 0 Å². The Labute approximate surface area is 104 Å². The molecular weight excluding hydrogens is 235 g/mol. The Morgan fingerprint density at radius 2 is 2.17 bits per heavy atom. The summed E-state index contributed by atoms with van der Waals surface area (Å²) in [4.78, 5) is 11.7. The monoisotopic (exact) mass is 248 g/mol. The number of carbonyl (C=O) groups is 1. The zero-order chi connectivity index (χ0) is 13.1. The van der Waals surface area contributed by atoms with Crippen LogP contribution in [0.4, 0.5) is 10.1 Å². The quantitative estimate of drug-likeness (QED) is 0.818. The fourth-order valence-electron chi connectivity index (χ4n) is 1.52. The fraction of sp³-hybridized carbons (Fsp3) is 0.154. The van der Waals surface area contributed by atoms with Gasteiger partial charge >= 0.3 is 0 Å². The minimum atomic E-state index is -0.600. The van der Waals surface area contributed by atoms with Gasteiger partial charge in [0.2, 0.25) is 0 Å². The van der Waals surface area contributed by atoms with Gasteiger partial charge in [0.15, 0.2) is 0 Å². The van der Waals surface area contributed by atoms with E-state index < -0.39 is 5.82 Å². The fourth-order valence-corrected chi connectivity index (χ4v) is 1.52. The third-order valence-electron chi connectivity index (χ3n) is 2.48. The van der Waals surface area contributed by atoms with Gasteiger partial charge in [-0.05, 0) is 37.3 Å². The van der Waals surface area contributed by atoms with Crippen LogP contribution in [0.15, 0.2) is 34.7 Å². The number of rotatable bonds is 3. The van der Waals surface area contributed by atoms with Crippen molar-refractivity contribution in [3.8, 4) is 0 Å². The summed E-state index contributed by atoms with van der Waals surface area (Å²) in [6.45, 7) is 2.08. The number of nitrogen functional groups attached to an aromatic ring is 1. The van der Waals surface area contributed by atoms with Gasteiger partial charge in [-0.25, -0.2) is 4.39 Å². The van der Waals surface area contributed by atoms with Crippen LogP contribution in [0.2, 0.25) is 0 Å². The SMILES string of the molecule is Cc1ccc(CNC(=O)c2ccc(N)c(F)c2)o1. The summed E-state index contributed by atoms with van der Waals surface area (Å²) in [6.07, 6.45) is 0. The molecule has 1 aromatic heterocycles. The number of furan rings is 1. The number of nitrogens with two attached hydrogens (primary N) is 1. The lowest BCUT2D eigenvalue weighted by atomic mass is 10.2. The molecule has 0 spiro atoms. The maximum atomic E-state index is 13.2. The van der Waals surface area contributed by atoms with Gasteiger partial charge in [-0.3, -0.25) is 4.79 Å². The molecule has 0 aliphatic rings. The van der Waals surface area contributed by atoms with E-state index in [9.17, 15) is 9.18 Å². The minimum absolute atomic E-state index is 0.0215. The summed E-state index contributed by atoms with van der Waals surface area (Å²) < 4.78 is 18.5. The van der Waals surface area contributed by atoms with Crippen molar-refractivity contribution in [1.82, 2.24) is 5.32 Å². The molecule has 1 heterocycles. The number of nitrogens with one attached hydrogen (secondary N) is 1. The van der Waals surface area contributed by atoms with E-state index in [1.165, 1.54) is 12.1 Å². The van der Waals surface area contributed by atoms with E-state index >= 15 is 0 Å². The number of aryl methyl sites for hydroxylation is 1. The second-order valence-electron chi connectivity index (χ2n) is 3.93. The highest BCUT2D eigenvalue weighted by Gasteiger charge is 2.09. The zero-order valence-electron chi connectivity index (χ0n) is 9.87. The van der Waals surface area contributed by atoms with E-state index in [0.29, 0.717) is 5.76 Å². The lowest BCUT2D eigenvalue weighted by molar-refractivity contribution is 0.0947. The van der Waals surface area contributed by atoms with Crippen LogP contribution in [0.25, 0.3) is 0 Å². The first-order valence-corrected chi connectivity index (χ1v) is 5.45. The Balaban J connectivity index is 2.01. The minimum Gasteiger partial charge on any atom is -0.465 e. The normalized spacial score (nSPS) is 10.3. The van der Waals surface area contributed by atoms with Gasteiger partial charge in [-0.15, -0.1) is 0 Å². The van der Waals surface area contributed by atoms with E-state index in [4.69, 9.17) is 10.2 Å². The highest BCUT2D eigenvalue weighted by molar-refractivity contribution is 5.94. The van der Waals surface area contributed by atoms with Crippen molar-refractivity contribution in [1.29, 1.82) is 0 Å². The van der Waals surface area contributed by atoms with Crippen LogP contribution in [0, 0.1) is 12.7 Å². The molecule has 0 bridgehead atoms. The molecule has 0 unspecified atom stereocenters. The summed E-state index contributed by atoms with van der Waals surface area (Å²) in [5, 5.41) is 2.64. The van der Waals surface area contributed by atoms with E-state index in [-0.39, 0.29) is 23.7 Å². The summed E-state index contributed by atoms with van der Waals surface area (Å²) >= 11 is 0. The van der Waals surface area contributed by atoms with Crippen LogP contribution in [0.5, 0.6) is 0 Å². The van der Waals surface area contributed by atoms with Gasteiger partial charge in [-0.1, -0.05) is 0 Å². The molecule has 4 nitrogen and oxygen atoms in total. The van der Waals surface area contributed by atoms with E-state index in [2.05, 4.69) is 5.32 Å². The van der Waals surface area contributed by atoms with Crippen LogP contribution in [0.1, 0.15) is 21.9 Å². The Hall–Kier alpha value is -2.30. The summed E-state index contributed by atoms with van der Waals surface area (Å²) in [7, 11) is 0. The molecule has 5 heteroatoms. The Morgan fingerprint density at radius 1 is 1.39 bits per heavy atom. The number of halogens is 1. The predicted molar refractivity (Wildman–Crippen MR) is 65.4 cm³/mol. The van der Waals surface area contributed by atoms with Crippen molar-refractivity contribution in [3.05, 3.63) is 53.2 Å². The third-order valence-corrected chi connectivity index (χ3v) is 2.48. The maximum absolute atomic E-state index is 13.2. The largest absolute Gasteiger partial charge is 0.465 e. The van der Waals surface area contributed by atoms with Crippen LogP contribution < -0.4 is 11.1 Å². The molecular formula is C13H13FN2O2. The topological polar surface area (TPSA) is 68.3 Å². The van der Waals surface area contributed by atoms with Gasteiger partial charge < -0.3 is 15.5 Å². The van der Waals surface area contributed by atoms with Crippen LogP contribution in [-0.2, 0) is 6.54 Å². The van der Waals surface area contributed by atoms with Gasteiger partial charge in [0.1, 0.15) is 17.3 Å². The molecule has 2 rings (SSSR count). The second-order valence-corrected chi connectivity index (χ2v) is 3.93. The van der Waals surface area contributed by atoms with Gasteiger partial charge in [0.05, 0.1) is 12.2 Å². The van der Waals surface area contributed by atoms with Gasteiger partial charge in [0, 0.05) is 5.56 Å². The average Bonchev–Trinajstić information content (AvgIpc) is 2.75. The van der Waals surface area contributed by atoms with Crippen molar-refractivity contribution in [3.63, 3.8) is 0 Å². The van der Waals surface area contributed by atoms with Gasteiger partial charge in [0.25, 0.3) is 5.91 Å². The molecule has 94 valence electrons. The van der Waals surface area contributed by atoms with Crippen molar-refractivity contribution >= 4 is 11.6 Å². The lowest BCUT2D eigenvalue weighted by Crippen LogP contribution is -2.22. The Kier molecular flexibility index (Phi) is 3.32. The standard InChI is InChI=1S/C13H13FN2O2/c1-8-2-4-10(18-8)7-16-13(17)9-3-5-12(15)11(14)6-9/h2-6H,7,15H2,1H3,(H,16,17). The first-order chi connectivity index (χ1) is 8.56. The predicted octanol–water partition coefficient (Wildman–Crippen LogP) is 2.24. The lowest BCUT2D eigenvalue weighted by Gasteiger charge is -2.04. The molecule has 0 aliphatic carbocycles. The molecule has 3 N–H and O–H groups in total. The average molecular weight is 248 g/mol. The van der Waals surface area contributed by atoms with Crippen LogP contribution >= 0.6 is 0 Å². The maximum Gasteiger partial charge on any atom is 0.251 e. The molecule has 0 radical (unpaired) electrons. The molecule has 1 aromatic carbocycles. The highest BCUT2D eigenvalue weighted by atomic mass is 19.1. The number of amides is 1. The molecule has 0 aliphatic heterocycles. The molecule has 0 atom stereocenters. The molecule has 0 saturated heterocycles. The molecule has 0 fully saturated rings. The summed E-state index contributed by atoms with van der Waals surface area (Å²) in [5.74, 6) is 0.453. The van der Waals surface area contributed by atoms with Crippen LogP contribution in [0.3, 0.4) is 0 Å². The van der Waals surface area contributed by atoms with Crippen LogP contribution in [-0.4, -0.2) is 5.91 Å². The van der Waals surface area contributed by atoms with E-state index in [1.807, 2.05) is 13.0 Å². The van der Waals surface area contributed by atoms with Crippen molar-refractivity contribution in [2.45, 2.75) is 13.5 Å². The first kappa shape index (κ1) is 12.2. The number of anilines is 1. The summed E-state index contributed by atoms with van der Waals surface area (Å²) in [5.41, 5.74) is 5.58. The molecule has 2 aromatic rings. The number of hydrogen-bond donors (Lipinski definition) is 2. The Bertz CT molecular complexity index is 578. The third kappa shape index (κ3) is 2.68. The Morgan fingerprint density at radius 3 is 2.78 bits per heavy atom. The van der Waals surface area contributed by atoms with Crippen molar-refractivity contribution in [2.24, 2.45) is 0 Å². The van der Waals surface area contributed by atoms with E-state index in [1.54, 1.807) is 6.07 Å². The molecule has 1 amide bonds. The first-order valence-electron chi connectivity index (χ1n) is 5.45. The zero-order valence-corrected chi connectivity index (χ0v) is 9.87. The number of hydrogen-bond acceptors (Lipinski definition) is 3. The smallest absolute Gasteiger partial charge is 0.251 e. The van der Waals surface area contributed by atoms with E-state index in [0.717, 1.165) is 11.8 Å². The van der Waals surface area contributed by atoms with Crippen molar-refractivity contribution in [2.75, 3.05) is 5.73 Å². The van der Waals surface area contributed by atoms with Crippen molar-refractivity contribution < 1.29 is 13.6 Å². The molecule has 18 heavy (non-hydrogen) atoms. The summed E-state index contributed by atoms with van der Waals surface area (Å²) in [6, 6.07) is 7.53. The second kappa shape index (κ2) is 4.91.